The van der Waals surface area contributed by atoms with Gasteiger partial charge in [-0.05, 0) is 25.0 Å². The van der Waals surface area contributed by atoms with Gasteiger partial charge < -0.3 is 19.9 Å². The lowest BCUT2D eigenvalue weighted by Crippen LogP contribution is -2.57. The van der Waals surface area contributed by atoms with Crippen molar-refractivity contribution in [3.05, 3.63) is 45.8 Å². The van der Waals surface area contributed by atoms with Crippen LogP contribution in [0.25, 0.3) is 11.1 Å². The molecule has 1 aromatic carbocycles. The van der Waals surface area contributed by atoms with E-state index < -0.39 is 16.1 Å². The molecule has 2 aromatic rings. The summed E-state index contributed by atoms with van der Waals surface area (Å²) in [5.74, 6) is -0.383. The molecule has 2 heterocycles. The number of carbonyl (C=O) groups is 1. The number of halogens is 1. The maximum Gasteiger partial charge on any atom is 0.258 e. The van der Waals surface area contributed by atoms with Gasteiger partial charge in [0.1, 0.15) is 16.7 Å². The van der Waals surface area contributed by atoms with Crippen LogP contribution in [0.1, 0.15) is 12.8 Å². The maximum absolute atomic E-state index is 13.4. The number of pyridine rings is 1. The largest absolute Gasteiger partial charge is 0.495 e. The van der Waals surface area contributed by atoms with Gasteiger partial charge in [-0.15, -0.1) is 0 Å². The lowest BCUT2D eigenvalue weighted by atomic mass is 10.1. The highest BCUT2D eigenvalue weighted by molar-refractivity contribution is 7.89. The fourth-order valence-corrected chi connectivity index (χ4v) is 6.08. The van der Waals surface area contributed by atoms with Crippen molar-refractivity contribution in [2.45, 2.75) is 29.8 Å². The van der Waals surface area contributed by atoms with Crippen LogP contribution >= 0.6 is 11.6 Å². The second-order valence-corrected chi connectivity index (χ2v) is 10.9. The molecule has 0 bridgehead atoms. The quantitative estimate of drug-likeness (QED) is 0.519. The minimum Gasteiger partial charge on any atom is -0.495 e. The number of carbonyl (C=O) groups excluding carboxylic acids is 1. The number of piperazine rings is 1. The van der Waals surface area contributed by atoms with Crippen molar-refractivity contribution in [3.8, 4) is 16.9 Å². The van der Waals surface area contributed by atoms with Gasteiger partial charge in [0.2, 0.25) is 15.9 Å². The molecular formula is C23H30ClN5O5S. The number of ether oxygens (including phenoxy) is 1. The number of rotatable bonds is 8. The molecule has 1 aliphatic carbocycles. The third-order valence-corrected chi connectivity index (χ3v) is 8.14. The lowest BCUT2D eigenvalue weighted by Gasteiger charge is -2.36. The Bertz CT molecular complexity index is 1270. The third kappa shape index (κ3) is 5.39. The number of nitrogens with zero attached hydrogens (tertiary/aromatic N) is 3. The van der Waals surface area contributed by atoms with E-state index in [9.17, 15) is 18.0 Å². The number of aryl methyl sites for hydroxylation is 1. The predicted octanol–water partition coefficient (Wildman–Crippen LogP) is 0.627. The molecule has 0 spiro atoms. The summed E-state index contributed by atoms with van der Waals surface area (Å²) in [6.07, 6.45) is 3.85. The van der Waals surface area contributed by atoms with Crippen molar-refractivity contribution < 1.29 is 17.9 Å². The highest BCUT2D eigenvalue weighted by atomic mass is 35.5. The average Bonchev–Trinajstić information content (AvgIpc) is 3.69. The summed E-state index contributed by atoms with van der Waals surface area (Å²) in [6, 6.07) is 5.39. The number of benzene rings is 1. The number of nitrogens with two attached hydrogens (primary N) is 1. The summed E-state index contributed by atoms with van der Waals surface area (Å²) >= 11 is 6.13. The van der Waals surface area contributed by atoms with Crippen LogP contribution in [0.5, 0.6) is 5.75 Å². The first-order valence-electron chi connectivity index (χ1n) is 11.4. The van der Waals surface area contributed by atoms with Gasteiger partial charge in [0.15, 0.2) is 0 Å². The normalized spacial score (nSPS) is 17.9. The van der Waals surface area contributed by atoms with Gasteiger partial charge in [0, 0.05) is 57.6 Å². The van der Waals surface area contributed by atoms with E-state index in [0.29, 0.717) is 24.2 Å². The van der Waals surface area contributed by atoms with Gasteiger partial charge in [0.05, 0.1) is 17.7 Å². The van der Waals surface area contributed by atoms with Crippen molar-refractivity contribution in [2.24, 2.45) is 12.8 Å². The smallest absolute Gasteiger partial charge is 0.258 e. The number of methoxy groups -OCH3 is 1. The van der Waals surface area contributed by atoms with Crippen LogP contribution in [0.15, 0.2) is 40.2 Å². The van der Waals surface area contributed by atoms with E-state index in [1.807, 2.05) is 0 Å². The first kappa shape index (κ1) is 25.6. The number of para-hydroxylation sites is 1. The Balaban J connectivity index is 1.60. The average molecular weight is 524 g/mol. The zero-order chi connectivity index (χ0) is 25.3. The Morgan fingerprint density at radius 3 is 2.51 bits per heavy atom. The molecule has 0 unspecified atom stereocenters. The molecule has 2 fully saturated rings. The predicted molar refractivity (Wildman–Crippen MR) is 133 cm³/mol. The van der Waals surface area contributed by atoms with Crippen molar-refractivity contribution in [2.75, 3.05) is 39.8 Å². The highest BCUT2D eigenvalue weighted by Crippen LogP contribution is 2.35. The molecule has 12 heteroatoms. The summed E-state index contributed by atoms with van der Waals surface area (Å²) in [5, 5.41) is 0.311. The van der Waals surface area contributed by atoms with Crippen LogP contribution in [0.3, 0.4) is 0 Å². The van der Waals surface area contributed by atoms with E-state index >= 15 is 0 Å². The van der Waals surface area contributed by atoms with Crippen LogP contribution in [-0.4, -0.2) is 80.6 Å². The molecule has 1 aromatic heterocycles. The summed E-state index contributed by atoms with van der Waals surface area (Å²) in [4.78, 5) is 29.6. The monoisotopic (exact) mass is 523 g/mol. The van der Waals surface area contributed by atoms with E-state index in [0.717, 1.165) is 13.1 Å². The standard InChI is InChI=1S/C23H30ClN5O5S/c1-27-14-15(24)12-18(22(27)30)17-4-3-5-20(21(17)34-2)35(32,33)26-19(13-25)23(31)29-10-8-28(9-11-29)16-6-7-16/h3-5,12,14,16,19,26H,6-11,13,25H2,1-2H3/t19-/m0/s1. The number of aromatic nitrogens is 1. The molecule has 190 valence electrons. The minimum absolute atomic E-state index is 0.0272. The van der Waals surface area contributed by atoms with E-state index in [-0.39, 0.29) is 39.8 Å². The molecule has 1 atom stereocenters. The number of nitrogens with one attached hydrogen (secondary N) is 1. The highest BCUT2D eigenvalue weighted by Gasteiger charge is 2.35. The Hall–Kier alpha value is -2.44. The SMILES string of the molecule is COc1c(-c2cc(Cl)cn(C)c2=O)cccc1S(=O)(=O)N[C@@H](CN)C(=O)N1CCN(C2CC2)CC1. The lowest BCUT2D eigenvalue weighted by molar-refractivity contribution is -0.134. The van der Waals surface area contributed by atoms with Gasteiger partial charge in [-0.1, -0.05) is 23.7 Å². The number of hydrogen-bond donors (Lipinski definition) is 2. The third-order valence-electron chi connectivity index (χ3n) is 6.43. The second-order valence-electron chi connectivity index (χ2n) is 8.83. The Morgan fingerprint density at radius 1 is 1.23 bits per heavy atom. The zero-order valence-corrected chi connectivity index (χ0v) is 21.3. The van der Waals surface area contributed by atoms with E-state index in [1.165, 1.54) is 48.9 Å². The Morgan fingerprint density at radius 2 is 1.91 bits per heavy atom. The molecule has 10 nitrogen and oxygen atoms in total. The minimum atomic E-state index is -4.23. The van der Waals surface area contributed by atoms with E-state index in [2.05, 4.69) is 9.62 Å². The van der Waals surface area contributed by atoms with E-state index in [4.69, 9.17) is 22.1 Å². The number of hydrogen-bond acceptors (Lipinski definition) is 7. The fourth-order valence-electron chi connectivity index (χ4n) is 4.43. The molecular weight excluding hydrogens is 494 g/mol. The fraction of sp³-hybridized carbons (Fsp3) is 0.478. The number of amides is 1. The van der Waals surface area contributed by atoms with Gasteiger partial charge >= 0.3 is 0 Å². The molecule has 4 rings (SSSR count). The van der Waals surface area contributed by atoms with Gasteiger partial charge in [0.25, 0.3) is 5.56 Å². The summed E-state index contributed by atoms with van der Waals surface area (Å²) < 4.78 is 36.0. The molecule has 3 N–H and O–H groups in total. The van der Waals surface area contributed by atoms with Gasteiger partial charge in [-0.2, -0.15) is 4.72 Å². The summed E-state index contributed by atoms with van der Waals surface area (Å²) in [6.45, 7) is 2.41. The van der Waals surface area contributed by atoms with Crippen molar-refractivity contribution >= 4 is 27.5 Å². The molecule has 35 heavy (non-hydrogen) atoms. The molecule has 0 radical (unpaired) electrons. The van der Waals surface area contributed by atoms with E-state index in [1.54, 1.807) is 18.0 Å². The summed E-state index contributed by atoms with van der Waals surface area (Å²) in [5.41, 5.74) is 5.91. The second kappa shape index (κ2) is 10.3. The van der Waals surface area contributed by atoms with Crippen LogP contribution in [0.2, 0.25) is 5.02 Å². The Kier molecular flexibility index (Phi) is 7.53. The molecule has 1 amide bonds. The van der Waals surface area contributed by atoms with Crippen LogP contribution in [-0.2, 0) is 21.9 Å². The van der Waals surface area contributed by atoms with Crippen LogP contribution in [0.4, 0.5) is 0 Å². The summed E-state index contributed by atoms with van der Waals surface area (Å²) in [7, 11) is -1.36. The Labute approximate surface area is 209 Å². The maximum atomic E-state index is 13.4. The van der Waals surface area contributed by atoms with Crippen LogP contribution in [0, 0.1) is 0 Å². The molecule has 1 saturated heterocycles. The first-order valence-corrected chi connectivity index (χ1v) is 13.3. The van der Waals surface area contributed by atoms with Crippen molar-refractivity contribution in [3.63, 3.8) is 0 Å². The van der Waals surface area contributed by atoms with Crippen LogP contribution < -0.4 is 20.8 Å². The topological polar surface area (TPSA) is 127 Å². The van der Waals surface area contributed by atoms with Gasteiger partial charge in [-0.25, -0.2) is 8.42 Å². The molecule has 2 aliphatic rings. The van der Waals surface area contributed by atoms with Crippen molar-refractivity contribution in [1.82, 2.24) is 19.1 Å². The molecule has 1 saturated carbocycles. The molecule has 1 aliphatic heterocycles. The first-order chi connectivity index (χ1) is 16.7. The van der Waals surface area contributed by atoms with Crippen molar-refractivity contribution in [1.29, 1.82) is 0 Å². The zero-order valence-electron chi connectivity index (χ0n) is 19.7. The number of sulfonamides is 1. The van der Waals surface area contributed by atoms with Gasteiger partial charge in [-0.3, -0.25) is 14.5 Å².